The first-order chi connectivity index (χ1) is 21.7. The summed E-state index contributed by atoms with van der Waals surface area (Å²) in [4.78, 5) is 80.1. The number of aromatic hydroxyl groups is 1. The van der Waals surface area contributed by atoms with Gasteiger partial charge in [0, 0.05) is 13.3 Å². The van der Waals surface area contributed by atoms with Gasteiger partial charge in [-0.05, 0) is 42.7 Å². The van der Waals surface area contributed by atoms with Gasteiger partial charge in [-0.3, -0.25) is 28.8 Å². The highest BCUT2D eigenvalue weighted by Crippen LogP contribution is 2.26. The lowest BCUT2D eigenvalue weighted by atomic mass is 10.0. The van der Waals surface area contributed by atoms with Crippen molar-refractivity contribution in [1.82, 2.24) is 26.3 Å². The fraction of sp³-hybridized carbons (Fsp3) is 0.387. The molecular weight excluding hydrogens is 602 g/mol. The molecule has 0 aliphatic rings. The van der Waals surface area contributed by atoms with E-state index in [9.17, 15) is 39.0 Å². The summed E-state index contributed by atoms with van der Waals surface area (Å²) in [5.74, 6) is -5.56. The molecule has 0 saturated heterocycles. The molecule has 0 aliphatic heterocycles. The van der Waals surface area contributed by atoms with Crippen molar-refractivity contribution in [3.8, 4) is 11.5 Å². The van der Waals surface area contributed by atoms with Crippen LogP contribution in [0.3, 0.4) is 0 Å². The number of oxazole rings is 1. The lowest BCUT2D eigenvalue weighted by molar-refractivity contribution is -0.138. The van der Waals surface area contributed by atoms with E-state index in [2.05, 4.69) is 26.3 Å². The fourth-order valence-corrected chi connectivity index (χ4v) is 4.50. The number of hydrogen-bond acceptors (Lipinski definition) is 10. The van der Waals surface area contributed by atoms with Gasteiger partial charge >= 0.3 is 5.97 Å². The van der Waals surface area contributed by atoms with Gasteiger partial charge in [0.2, 0.25) is 29.4 Å². The number of nitrogens with zero attached hydrogens (tertiary/aromatic N) is 1. The summed E-state index contributed by atoms with van der Waals surface area (Å²) in [6.07, 6.45) is -0.722. The minimum absolute atomic E-state index is 0.0319. The number of nitrogens with one attached hydrogen (secondary N) is 4. The Morgan fingerprint density at radius 2 is 1.54 bits per heavy atom. The van der Waals surface area contributed by atoms with Crippen molar-refractivity contribution in [2.75, 3.05) is 7.11 Å². The van der Waals surface area contributed by atoms with Gasteiger partial charge in [0.15, 0.2) is 11.1 Å². The van der Waals surface area contributed by atoms with E-state index in [0.29, 0.717) is 11.3 Å². The molecule has 0 radical (unpaired) electrons. The normalized spacial score (nSPS) is 13.6. The van der Waals surface area contributed by atoms with Gasteiger partial charge in [-0.1, -0.05) is 32.0 Å². The van der Waals surface area contributed by atoms with Crippen molar-refractivity contribution in [2.45, 2.75) is 64.7 Å². The van der Waals surface area contributed by atoms with Gasteiger partial charge in [-0.15, -0.1) is 0 Å². The number of para-hydroxylation sites is 1. The maximum absolute atomic E-state index is 13.2. The van der Waals surface area contributed by atoms with Crippen LogP contribution in [0, 0.1) is 5.92 Å². The molecule has 46 heavy (non-hydrogen) atoms. The van der Waals surface area contributed by atoms with E-state index < -0.39 is 77.8 Å². The molecule has 2 aromatic carbocycles. The van der Waals surface area contributed by atoms with Gasteiger partial charge in [0.1, 0.15) is 35.7 Å². The number of rotatable bonds is 15. The van der Waals surface area contributed by atoms with Crippen molar-refractivity contribution in [3.05, 3.63) is 53.9 Å². The van der Waals surface area contributed by atoms with Crippen molar-refractivity contribution in [3.63, 3.8) is 0 Å². The third kappa shape index (κ3) is 9.27. The maximum Gasteiger partial charge on any atom is 0.305 e. The topological polar surface area (TPSA) is 226 Å². The van der Waals surface area contributed by atoms with Crippen LogP contribution in [0.25, 0.3) is 11.1 Å². The largest absolute Gasteiger partial charge is 0.508 e. The second-order valence-corrected chi connectivity index (χ2v) is 10.9. The number of carboxylic acid groups (broad SMARTS) is 1. The van der Waals surface area contributed by atoms with Gasteiger partial charge < -0.3 is 40.6 Å². The van der Waals surface area contributed by atoms with Crippen molar-refractivity contribution >= 4 is 46.5 Å². The number of carboxylic acids is 1. The number of aromatic nitrogens is 1. The molecule has 0 bridgehead atoms. The van der Waals surface area contributed by atoms with Crippen LogP contribution < -0.4 is 26.0 Å². The van der Waals surface area contributed by atoms with Crippen molar-refractivity contribution in [2.24, 2.45) is 5.92 Å². The number of ketones is 1. The number of aliphatic carboxylic acids is 1. The second-order valence-electron chi connectivity index (χ2n) is 10.9. The first-order valence-corrected chi connectivity index (χ1v) is 14.4. The Morgan fingerprint density at radius 3 is 2.13 bits per heavy atom. The SMILES string of the molecule is COc1cccc2oc(C(=O)[C@H](CC(=O)O)NC(=O)[C@H](C)NC(=O)[C@@H](NC(=O)[C@H](Cc3ccc(O)cc3)NC(C)=O)C(C)C)nc12. The molecule has 15 nitrogen and oxygen atoms in total. The maximum atomic E-state index is 13.2. The number of amides is 4. The van der Waals surface area contributed by atoms with Crippen molar-refractivity contribution in [1.29, 1.82) is 0 Å². The predicted molar refractivity (Wildman–Crippen MR) is 163 cm³/mol. The molecule has 1 aromatic heterocycles. The van der Waals surface area contributed by atoms with Crippen LogP contribution in [0.1, 0.15) is 50.4 Å². The van der Waals surface area contributed by atoms with Crippen molar-refractivity contribution < 1.29 is 48.1 Å². The van der Waals surface area contributed by atoms with E-state index in [1.165, 1.54) is 33.1 Å². The molecule has 3 aromatic rings. The van der Waals surface area contributed by atoms with Crippen LogP contribution in [-0.2, 0) is 30.4 Å². The quantitative estimate of drug-likeness (QED) is 0.129. The minimum atomic E-state index is -1.58. The lowest BCUT2D eigenvalue weighted by Crippen LogP contribution is -2.58. The molecule has 1 heterocycles. The van der Waals surface area contributed by atoms with Crippen LogP contribution >= 0.6 is 0 Å². The standard InChI is InChI=1S/C31H37N5O10/c1-15(2)25(35-29(43)21(33-17(4)37)13-18-9-11-19(38)12-10-18)30(44)32-16(3)28(42)34-20(14-24(39)40)27(41)31-36-26-22(45-5)7-6-8-23(26)46-31/h6-12,15-16,20-21,25,38H,13-14H2,1-5H3,(H,32,44)(H,33,37)(H,34,42)(H,35,43)(H,39,40)/t16-,20-,21-,25-/m0/s1. The molecular formula is C31H37N5O10. The molecule has 246 valence electrons. The Labute approximate surface area is 264 Å². The third-order valence-corrected chi connectivity index (χ3v) is 6.89. The van der Waals surface area contributed by atoms with Gasteiger partial charge in [0.05, 0.1) is 13.5 Å². The monoisotopic (exact) mass is 639 g/mol. The van der Waals surface area contributed by atoms with E-state index >= 15 is 0 Å². The number of benzene rings is 2. The molecule has 4 atom stereocenters. The first-order valence-electron chi connectivity index (χ1n) is 14.4. The third-order valence-electron chi connectivity index (χ3n) is 6.89. The number of phenolic OH excluding ortho intramolecular Hbond substituents is 1. The van der Waals surface area contributed by atoms with Gasteiger partial charge in [0.25, 0.3) is 5.89 Å². The minimum Gasteiger partial charge on any atom is -0.508 e. The van der Waals surface area contributed by atoms with Crippen LogP contribution in [0.4, 0.5) is 0 Å². The summed E-state index contributed by atoms with van der Waals surface area (Å²) in [6.45, 7) is 5.90. The van der Waals surface area contributed by atoms with E-state index in [-0.39, 0.29) is 23.3 Å². The fourth-order valence-electron chi connectivity index (χ4n) is 4.50. The molecule has 15 heteroatoms. The molecule has 0 saturated carbocycles. The van der Waals surface area contributed by atoms with Crippen LogP contribution in [0.15, 0.2) is 46.9 Å². The number of Topliss-reactive ketones (excluding diaryl/α,β-unsaturated/α-hetero) is 1. The average molecular weight is 640 g/mol. The van der Waals surface area contributed by atoms with Gasteiger partial charge in [-0.25, -0.2) is 4.98 Å². The number of phenols is 1. The highest BCUT2D eigenvalue weighted by Gasteiger charge is 2.33. The summed E-state index contributed by atoms with van der Waals surface area (Å²) in [7, 11) is 1.41. The lowest BCUT2D eigenvalue weighted by Gasteiger charge is -2.26. The van der Waals surface area contributed by atoms with E-state index in [0.717, 1.165) is 0 Å². The molecule has 6 N–H and O–H groups in total. The Bertz CT molecular complexity index is 1600. The summed E-state index contributed by atoms with van der Waals surface area (Å²) in [5, 5.41) is 28.9. The molecule has 0 unspecified atom stereocenters. The summed E-state index contributed by atoms with van der Waals surface area (Å²) >= 11 is 0. The zero-order chi connectivity index (χ0) is 34.1. The predicted octanol–water partition coefficient (Wildman–Crippen LogP) is 1.08. The van der Waals surface area contributed by atoms with E-state index in [1.807, 2.05) is 0 Å². The summed E-state index contributed by atoms with van der Waals surface area (Å²) in [6, 6.07) is 5.79. The Kier molecular flexibility index (Phi) is 11.8. The Balaban J connectivity index is 1.71. The van der Waals surface area contributed by atoms with Crippen LogP contribution in [0.5, 0.6) is 11.5 Å². The van der Waals surface area contributed by atoms with Crippen LogP contribution in [-0.4, -0.2) is 81.9 Å². The number of fused-ring (bicyclic) bond motifs is 1. The van der Waals surface area contributed by atoms with E-state index in [4.69, 9.17) is 9.15 Å². The Morgan fingerprint density at radius 1 is 0.870 bits per heavy atom. The first kappa shape index (κ1) is 35.0. The van der Waals surface area contributed by atoms with Gasteiger partial charge in [-0.2, -0.15) is 0 Å². The van der Waals surface area contributed by atoms with E-state index in [1.54, 1.807) is 44.2 Å². The second kappa shape index (κ2) is 15.5. The number of ether oxygens (including phenoxy) is 1. The zero-order valence-electron chi connectivity index (χ0n) is 26.0. The average Bonchev–Trinajstić information content (AvgIpc) is 3.43. The number of methoxy groups -OCH3 is 1. The molecule has 0 aliphatic carbocycles. The smallest absolute Gasteiger partial charge is 0.305 e. The number of carbonyl (C=O) groups is 6. The van der Waals surface area contributed by atoms with Crippen LogP contribution in [0.2, 0.25) is 0 Å². The molecule has 3 rings (SSSR count). The number of carbonyl (C=O) groups excluding carboxylic acids is 5. The highest BCUT2D eigenvalue weighted by molar-refractivity contribution is 6.03. The number of hydrogen-bond donors (Lipinski definition) is 6. The molecule has 0 spiro atoms. The molecule has 4 amide bonds. The molecule has 0 fully saturated rings. The summed E-state index contributed by atoms with van der Waals surface area (Å²) in [5.41, 5.74) is 1.10. The summed E-state index contributed by atoms with van der Waals surface area (Å²) < 4.78 is 10.7. The highest BCUT2D eigenvalue weighted by atomic mass is 16.5. The Hall–Kier alpha value is -5.47. The zero-order valence-corrected chi connectivity index (χ0v) is 26.0.